The van der Waals surface area contributed by atoms with E-state index in [9.17, 15) is 0 Å². The molecule has 0 saturated carbocycles. The highest BCUT2D eigenvalue weighted by atomic mass is 15.2. The smallest absolute Gasteiger partial charge is 0.235 e. The summed E-state index contributed by atoms with van der Waals surface area (Å²) < 4.78 is 9.67. The summed E-state index contributed by atoms with van der Waals surface area (Å²) in [5, 5.41) is 9.49. The van der Waals surface area contributed by atoms with E-state index in [1.54, 1.807) is 0 Å². The Labute approximate surface area is 691 Å². The third-order valence-corrected chi connectivity index (χ3v) is 27.2. The van der Waals surface area contributed by atoms with Crippen molar-refractivity contribution in [3.05, 3.63) is 457 Å². The molecule has 27 rings (SSSR count). The van der Waals surface area contributed by atoms with Gasteiger partial charge in [0.1, 0.15) is 0 Å². The predicted octanol–water partition coefficient (Wildman–Crippen LogP) is 28.2. The number of para-hydroxylation sites is 4. The zero-order valence-electron chi connectivity index (χ0n) is 64.9. The van der Waals surface area contributed by atoms with E-state index in [-0.39, 0.29) is 0 Å². The van der Waals surface area contributed by atoms with E-state index in [2.05, 4.69) is 431 Å². The van der Waals surface area contributed by atoms with E-state index in [1.165, 1.54) is 143 Å². The second-order valence-electron chi connectivity index (χ2n) is 32.9. The van der Waals surface area contributed by atoms with Crippen LogP contribution in [-0.2, 0) is 10.8 Å². The molecule has 18 aromatic carbocycles. The summed E-state index contributed by atoms with van der Waals surface area (Å²) in [7, 11) is 0. The molecule has 554 valence electrons. The first kappa shape index (κ1) is 65.5. The van der Waals surface area contributed by atoms with E-state index in [0.717, 1.165) is 94.6 Å². The Kier molecular flexibility index (Phi) is 13.3. The molecule has 0 fully saturated rings. The normalized spacial score (nSPS) is 13.5. The molecule has 0 radical (unpaired) electrons. The van der Waals surface area contributed by atoms with Crippen LogP contribution in [0.2, 0.25) is 0 Å². The van der Waals surface area contributed by atoms with Crippen molar-refractivity contribution in [1.82, 2.24) is 28.2 Å². The van der Waals surface area contributed by atoms with Gasteiger partial charge in [0, 0.05) is 71.3 Å². The van der Waals surface area contributed by atoms with Gasteiger partial charge in [-0.25, -0.2) is 9.97 Å². The van der Waals surface area contributed by atoms with Crippen molar-refractivity contribution in [2.75, 3.05) is 0 Å². The monoisotopic (exact) mass is 1520 g/mol. The molecule has 5 aromatic heterocycles. The highest BCUT2D eigenvalue weighted by Crippen LogP contribution is 2.65. The maximum atomic E-state index is 5.65. The molecule has 5 heterocycles. The van der Waals surface area contributed by atoms with Gasteiger partial charge < -0.3 is 13.7 Å². The Morgan fingerprint density at radius 2 is 0.433 bits per heavy atom. The average Bonchev–Trinajstić information content (AvgIpc) is 1.56. The summed E-state index contributed by atoms with van der Waals surface area (Å²) >= 11 is 0. The molecule has 0 saturated heterocycles. The highest BCUT2D eigenvalue weighted by Gasteiger charge is 2.53. The number of aromatic nitrogens is 6. The zero-order valence-corrected chi connectivity index (χ0v) is 64.9. The van der Waals surface area contributed by atoms with Gasteiger partial charge >= 0.3 is 0 Å². The Morgan fingerprint density at radius 1 is 0.158 bits per heavy atom. The van der Waals surface area contributed by atoms with Crippen molar-refractivity contribution in [3.63, 3.8) is 0 Å². The lowest BCUT2D eigenvalue weighted by Gasteiger charge is -2.30. The summed E-state index contributed by atoms with van der Waals surface area (Å²) in [6.45, 7) is 0. The molecular weight excluding hydrogens is 1450 g/mol. The van der Waals surface area contributed by atoms with Crippen LogP contribution in [0.4, 0.5) is 0 Å². The molecule has 6 nitrogen and oxygen atoms in total. The molecule has 0 bridgehead atoms. The Bertz CT molecular complexity index is 8320. The molecule has 120 heavy (non-hydrogen) atoms. The number of fused-ring (bicyclic) bond motifs is 32. The van der Waals surface area contributed by atoms with Gasteiger partial charge in [0.05, 0.1) is 66.4 Å². The van der Waals surface area contributed by atoms with Gasteiger partial charge in [-0.05, 0) is 227 Å². The fraction of sp³-hybridized carbons (Fsp3) is 0.0175. The number of nitrogens with zero attached hydrogens (tertiary/aromatic N) is 6. The molecule has 23 aromatic rings. The second-order valence-corrected chi connectivity index (χ2v) is 32.9. The third-order valence-electron chi connectivity index (χ3n) is 27.2. The summed E-state index contributed by atoms with van der Waals surface area (Å²) in [4.78, 5) is 11.2. The van der Waals surface area contributed by atoms with Crippen LogP contribution in [0.5, 0.6) is 0 Å². The Hall–Kier alpha value is -15.8. The number of hydrogen-bond acceptors (Lipinski definition) is 2. The number of rotatable bonds is 8. The van der Waals surface area contributed by atoms with Crippen LogP contribution in [0.1, 0.15) is 44.5 Å². The van der Waals surface area contributed by atoms with Gasteiger partial charge in [-0.2, -0.15) is 0 Å². The zero-order chi connectivity index (χ0) is 78.2. The molecule has 0 N–H and O–H groups in total. The van der Waals surface area contributed by atoms with Gasteiger partial charge in [0.25, 0.3) is 0 Å². The number of benzene rings is 18. The van der Waals surface area contributed by atoms with Crippen LogP contribution >= 0.6 is 0 Å². The standard InChI is InChI=1S/C114H68N6/c1-2-25-69(26-3-1)102-68-103(116-112(115-102)120-107-48-23-13-38-89(107)93-65-73(52-60-111(93)120)72-51-59-110-92(64-72)88-37-12-22-47-106(88)119(110)77-54-56-85-83-34-9-19-44-99(83)114(101(85)67-77)96-41-16-6-31-80(96)81-32-7-17-42-97(81)114)74-27-24-28-75(61-74)117-104-45-20-10-35-86(104)90-62-70(49-57-108(90)117)71-50-58-109-91(63-71)87-36-11-21-46-105(87)118(109)76-53-55-84-82-33-8-18-43-98(82)113(100(84)66-76)94-39-14-4-29-78(94)79-30-5-15-40-95(79)113/h1-68H. The lowest BCUT2D eigenvalue weighted by molar-refractivity contribution is 0.792. The van der Waals surface area contributed by atoms with Gasteiger partial charge in [0.2, 0.25) is 5.95 Å². The highest BCUT2D eigenvalue weighted by molar-refractivity contribution is 6.16. The fourth-order valence-corrected chi connectivity index (χ4v) is 22.3. The molecular formula is C114H68N6. The number of hydrogen-bond donors (Lipinski definition) is 0. The molecule has 0 amide bonds. The van der Waals surface area contributed by atoms with Crippen molar-refractivity contribution >= 4 is 87.2 Å². The van der Waals surface area contributed by atoms with Crippen LogP contribution in [0.3, 0.4) is 0 Å². The lowest BCUT2D eigenvalue weighted by Crippen LogP contribution is -2.26. The maximum Gasteiger partial charge on any atom is 0.235 e. The quantitative estimate of drug-likeness (QED) is 0.152. The summed E-state index contributed by atoms with van der Waals surface area (Å²) in [6.07, 6.45) is 0. The minimum Gasteiger partial charge on any atom is -0.309 e. The van der Waals surface area contributed by atoms with Crippen molar-refractivity contribution in [1.29, 1.82) is 0 Å². The van der Waals surface area contributed by atoms with Crippen molar-refractivity contribution in [2.45, 2.75) is 10.8 Å². The SMILES string of the molecule is c1ccc(-c2cc(-c3cccc(-n4c5ccccc5c5cc(-c6ccc7c(c6)c6ccccc6n7-c6ccc7c(c6)C6(c8ccccc8-c8ccccc86)c6ccccc6-7)ccc54)c3)nc(-n3c4ccccc4c4cc(-c5ccc6c(c5)c5ccccc5n6-c5ccc6c(c5)C5(c7ccccc7-c7ccccc75)c5ccccc5-6)ccc43)n2)cc1. The first-order valence-electron chi connectivity index (χ1n) is 41.6. The van der Waals surface area contributed by atoms with E-state index in [4.69, 9.17) is 9.97 Å². The Balaban J connectivity index is 0.550. The first-order chi connectivity index (χ1) is 59.5. The largest absolute Gasteiger partial charge is 0.309 e. The molecule has 0 unspecified atom stereocenters. The molecule has 0 atom stereocenters. The summed E-state index contributed by atoms with van der Waals surface area (Å²) in [5.74, 6) is 0.601. The van der Waals surface area contributed by atoms with Crippen LogP contribution in [0.15, 0.2) is 413 Å². The topological polar surface area (TPSA) is 45.5 Å². The van der Waals surface area contributed by atoms with Crippen molar-refractivity contribution in [2.24, 2.45) is 0 Å². The molecule has 4 aliphatic carbocycles. The second kappa shape index (κ2) is 24.4. The van der Waals surface area contributed by atoms with E-state index in [1.807, 2.05) is 0 Å². The van der Waals surface area contributed by atoms with Crippen LogP contribution in [0, 0.1) is 0 Å². The van der Waals surface area contributed by atoms with Gasteiger partial charge in [-0.3, -0.25) is 4.57 Å². The van der Waals surface area contributed by atoms with E-state index in [0.29, 0.717) is 5.95 Å². The van der Waals surface area contributed by atoms with Crippen molar-refractivity contribution < 1.29 is 0 Å². The van der Waals surface area contributed by atoms with Crippen LogP contribution < -0.4 is 0 Å². The van der Waals surface area contributed by atoms with Crippen LogP contribution in [0.25, 0.3) is 200 Å². The summed E-state index contributed by atoms with van der Waals surface area (Å²) in [5.41, 5.74) is 40.9. The molecule has 2 spiro atoms. The van der Waals surface area contributed by atoms with Crippen LogP contribution in [-0.4, -0.2) is 28.2 Å². The lowest BCUT2D eigenvalue weighted by atomic mass is 9.70. The first-order valence-corrected chi connectivity index (χ1v) is 41.6. The Morgan fingerprint density at radius 3 is 0.800 bits per heavy atom. The van der Waals surface area contributed by atoms with Gasteiger partial charge in [-0.15, -0.1) is 0 Å². The van der Waals surface area contributed by atoms with Gasteiger partial charge in [-0.1, -0.05) is 297 Å². The minimum absolute atomic E-state index is 0.443. The summed E-state index contributed by atoms with van der Waals surface area (Å²) in [6, 6.07) is 154. The minimum atomic E-state index is -0.448. The molecule has 0 aliphatic heterocycles. The third kappa shape index (κ3) is 8.74. The predicted molar refractivity (Wildman–Crippen MR) is 494 cm³/mol. The molecule has 6 heteroatoms. The fourth-order valence-electron chi connectivity index (χ4n) is 22.3. The van der Waals surface area contributed by atoms with Crippen molar-refractivity contribution in [3.8, 4) is 112 Å². The molecule has 4 aliphatic rings. The average molecular weight is 1520 g/mol. The van der Waals surface area contributed by atoms with E-state index < -0.39 is 10.8 Å². The van der Waals surface area contributed by atoms with Gasteiger partial charge in [0.15, 0.2) is 0 Å². The van der Waals surface area contributed by atoms with E-state index >= 15 is 0 Å². The maximum absolute atomic E-state index is 5.65.